The predicted octanol–water partition coefficient (Wildman–Crippen LogP) is 4.25. The van der Waals surface area contributed by atoms with Gasteiger partial charge in [0.05, 0.1) is 0 Å². The molecule has 122 valence electrons. The fraction of sp³-hybridized carbons (Fsp3) is 0.333. The maximum Gasteiger partial charge on any atom is 0.162 e. The van der Waals surface area contributed by atoms with Crippen molar-refractivity contribution in [2.45, 2.75) is 19.6 Å². The Morgan fingerprint density at radius 2 is 2.00 bits per heavy atom. The van der Waals surface area contributed by atoms with E-state index in [1.54, 1.807) is 6.07 Å². The molecule has 0 spiro atoms. The lowest BCUT2D eigenvalue weighted by Gasteiger charge is -2.38. The average molecular weight is 380 g/mol. The van der Waals surface area contributed by atoms with Crippen LogP contribution in [0.1, 0.15) is 12.5 Å². The number of hydrogen-bond donors (Lipinski definition) is 0. The zero-order chi connectivity index (χ0) is 16.2. The standard InChI is InChI=1S/C18H19BrFNO2/c1-2-21-10-16(11-21)23-18-9-14(19)6-7-17(18)22-12-13-4-3-5-15(20)8-13/h3-9,16H,2,10-12H2,1H3. The molecule has 2 aromatic rings. The van der Waals surface area contributed by atoms with Crippen LogP contribution in [-0.2, 0) is 6.61 Å². The number of ether oxygens (including phenoxy) is 2. The minimum Gasteiger partial charge on any atom is -0.485 e. The van der Waals surface area contributed by atoms with Crippen molar-refractivity contribution in [3.05, 3.63) is 58.3 Å². The molecule has 1 fully saturated rings. The molecule has 3 rings (SSSR count). The topological polar surface area (TPSA) is 21.7 Å². The number of likely N-dealkylation sites (N-methyl/N-ethyl adjacent to an activating group) is 1. The molecule has 0 saturated carbocycles. The summed E-state index contributed by atoms with van der Waals surface area (Å²) in [5, 5.41) is 0. The molecule has 0 aliphatic carbocycles. The molecule has 0 atom stereocenters. The van der Waals surface area contributed by atoms with Gasteiger partial charge < -0.3 is 9.47 Å². The molecule has 0 N–H and O–H groups in total. The molecule has 0 amide bonds. The van der Waals surface area contributed by atoms with Gasteiger partial charge in [0.2, 0.25) is 0 Å². The molecular weight excluding hydrogens is 361 g/mol. The van der Waals surface area contributed by atoms with Gasteiger partial charge in [-0.3, -0.25) is 4.90 Å². The molecule has 0 bridgehead atoms. The van der Waals surface area contributed by atoms with Gasteiger partial charge in [0, 0.05) is 17.6 Å². The van der Waals surface area contributed by atoms with Gasteiger partial charge in [-0.25, -0.2) is 4.39 Å². The second-order valence-corrected chi connectivity index (χ2v) is 6.52. The van der Waals surface area contributed by atoms with Crippen LogP contribution in [0.2, 0.25) is 0 Å². The van der Waals surface area contributed by atoms with Crippen LogP contribution in [0.15, 0.2) is 46.9 Å². The van der Waals surface area contributed by atoms with E-state index in [0.29, 0.717) is 12.4 Å². The van der Waals surface area contributed by atoms with Gasteiger partial charge in [-0.05, 0) is 42.4 Å². The summed E-state index contributed by atoms with van der Waals surface area (Å²) < 4.78 is 26.0. The Bertz CT molecular complexity index is 674. The maximum absolute atomic E-state index is 13.2. The lowest BCUT2D eigenvalue weighted by molar-refractivity contribution is 0.0216. The van der Waals surface area contributed by atoms with Crippen molar-refractivity contribution in [3.63, 3.8) is 0 Å². The van der Waals surface area contributed by atoms with Crippen molar-refractivity contribution in [1.82, 2.24) is 4.90 Å². The first-order valence-electron chi connectivity index (χ1n) is 7.70. The van der Waals surface area contributed by atoms with Crippen LogP contribution >= 0.6 is 15.9 Å². The summed E-state index contributed by atoms with van der Waals surface area (Å²) in [4.78, 5) is 2.32. The van der Waals surface area contributed by atoms with E-state index in [-0.39, 0.29) is 11.9 Å². The van der Waals surface area contributed by atoms with Gasteiger partial charge in [-0.15, -0.1) is 0 Å². The van der Waals surface area contributed by atoms with Gasteiger partial charge in [-0.2, -0.15) is 0 Å². The normalized spacial score (nSPS) is 15.3. The van der Waals surface area contributed by atoms with Crippen molar-refractivity contribution < 1.29 is 13.9 Å². The second kappa shape index (κ2) is 7.32. The SMILES string of the molecule is CCN1CC(Oc2cc(Br)ccc2OCc2cccc(F)c2)C1. The predicted molar refractivity (Wildman–Crippen MR) is 91.4 cm³/mol. The molecule has 5 heteroatoms. The molecule has 2 aromatic carbocycles. The quantitative estimate of drug-likeness (QED) is 0.748. The molecule has 1 saturated heterocycles. The summed E-state index contributed by atoms with van der Waals surface area (Å²) in [5.41, 5.74) is 0.791. The van der Waals surface area contributed by atoms with Crippen molar-refractivity contribution in [2.75, 3.05) is 19.6 Å². The van der Waals surface area contributed by atoms with Crippen LogP contribution in [-0.4, -0.2) is 30.6 Å². The first-order valence-corrected chi connectivity index (χ1v) is 8.49. The van der Waals surface area contributed by atoms with Gasteiger partial charge in [0.15, 0.2) is 11.5 Å². The summed E-state index contributed by atoms with van der Waals surface area (Å²) in [7, 11) is 0. The number of rotatable bonds is 6. The zero-order valence-electron chi connectivity index (χ0n) is 13.0. The number of likely N-dealkylation sites (tertiary alicyclic amines) is 1. The van der Waals surface area contributed by atoms with Crippen LogP contribution in [0.3, 0.4) is 0 Å². The molecule has 1 aliphatic rings. The number of halogens is 2. The molecule has 23 heavy (non-hydrogen) atoms. The van der Waals surface area contributed by atoms with E-state index >= 15 is 0 Å². The second-order valence-electron chi connectivity index (χ2n) is 5.60. The van der Waals surface area contributed by atoms with Crippen LogP contribution in [0.5, 0.6) is 11.5 Å². The van der Waals surface area contributed by atoms with E-state index in [0.717, 1.165) is 35.4 Å². The Balaban J connectivity index is 1.66. The zero-order valence-corrected chi connectivity index (χ0v) is 14.6. The number of hydrogen-bond acceptors (Lipinski definition) is 3. The van der Waals surface area contributed by atoms with Crippen LogP contribution in [0, 0.1) is 5.82 Å². The summed E-state index contributed by atoms with van der Waals surface area (Å²) >= 11 is 3.46. The molecule has 0 unspecified atom stereocenters. The Hall–Kier alpha value is -1.59. The molecule has 0 radical (unpaired) electrons. The molecule has 1 aliphatic heterocycles. The molecule has 1 heterocycles. The largest absolute Gasteiger partial charge is 0.485 e. The van der Waals surface area contributed by atoms with E-state index < -0.39 is 0 Å². The third-order valence-corrected chi connectivity index (χ3v) is 4.35. The van der Waals surface area contributed by atoms with Crippen LogP contribution < -0.4 is 9.47 Å². The van der Waals surface area contributed by atoms with E-state index in [2.05, 4.69) is 27.8 Å². The maximum atomic E-state index is 13.2. The van der Waals surface area contributed by atoms with Crippen molar-refractivity contribution in [3.8, 4) is 11.5 Å². The first kappa shape index (κ1) is 16.3. The third-order valence-electron chi connectivity index (χ3n) is 3.85. The lowest BCUT2D eigenvalue weighted by atomic mass is 10.1. The van der Waals surface area contributed by atoms with Crippen LogP contribution in [0.4, 0.5) is 4.39 Å². The molecular formula is C18H19BrFNO2. The Morgan fingerprint density at radius 3 is 2.74 bits per heavy atom. The minimum atomic E-state index is -0.257. The van der Waals surface area contributed by atoms with E-state index in [9.17, 15) is 4.39 Å². The number of benzene rings is 2. The van der Waals surface area contributed by atoms with Gasteiger partial charge >= 0.3 is 0 Å². The minimum absolute atomic E-state index is 0.195. The first-order chi connectivity index (χ1) is 11.1. The highest BCUT2D eigenvalue weighted by Crippen LogP contribution is 2.33. The molecule has 0 aromatic heterocycles. The van der Waals surface area contributed by atoms with Crippen LogP contribution in [0.25, 0.3) is 0 Å². The highest BCUT2D eigenvalue weighted by molar-refractivity contribution is 9.10. The Kier molecular flexibility index (Phi) is 5.18. The van der Waals surface area contributed by atoms with Crippen molar-refractivity contribution in [1.29, 1.82) is 0 Å². The van der Waals surface area contributed by atoms with Crippen molar-refractivity contribution in [2.24, 2.45) is 0 Å². The van der Waals surface area contributed by atoms with Gasteiger partial charge in [0.1, 0.15) is 18.5 Å². The fourth-order valence-electron chi connectivity index (χ4n) is 2.52. The third kappa shape index (κ3) is 4.24. The van der Waals surface area contributed by atoms with E-state index in [4.69, 9.17) is 9.47 Å². The smallest absolute Gasteiger partial charge is 0.162 e. The lowest BCUT2D eigenvalue weighted by Crippen LogP contribution is -2.53. The monoisotopic (exact) mass is 379 g/mol. The highest BCUT2D eigenvalue weighted by Gasteiger charge is 2.27. The van der Waals surface area contributed by atoms with E-state index in [1.165, 1.54) is 12.1 Å². The van der Waals surface area contributed by atoms with E-state index in [1.807, 2.05) is 24.3 Å². The summed E-state index contributed by atoms with van der Waals surface area (Å²) in [6, 6.07) is 12.1. The Labute approximate surface area is 144 Å². The highest BCUT2D eigenvalue weighted by atomic mass is 79.9. The van der Waals surface area contributed by atoms with Gasteiger partial charge in [0.25, 0.3) is 0 Å². The summed E-state index contributed by atoms with van der Waals surface area (Å²) in [6.45, 7) is 5.37. The average Bonchev–Trinajstić information content (AvgIpc) is 2.49. The number of nitrogens with zero attached hydrogens (tertiary/aromatic N) is 1. The molecule has 3 nitrogen and oxygen atoms in total. The fourth-order valence-corrected chi connectivity index (χ4v) is 2.86. The van der Waals surface area contributed by atoms with Crippen molar-refractivity contribution >= 4 is 15.9 Å². The summed E-state index contributed by atoms with van der Waals surface area (Å²) in [5.74, 6) is 1.14. The summed E-state index contributed by atoms with van der Waals surface area (Å²) in [6.07, 6.45) is 0.195. The Morgan fingerprint density at radius 1 is 1.17 bits per heavy atom. The van der Waals surface area contributed by atoms with Gasteiger partial charge in [-0.1, -0.05) is 35.0 Å².